The number of hydrogen-bond acceptors (Lipinski definition) is 4. The van der Waals surface area contributed by atoms with Gasteiger partial charge in [0.1, 0.15) is 0 Å². The van der Waals surface area contributed by atoms with E-state index in [9.17, 15) is 13.2 Å². The van der Waals surface area contributed by atoms with E-state index in [2.05, 4.69) is 10.0 Å². The number of rotatable bonds is 6. The number of benzene rings is 1. The fourth-order valence-corrected chi connectivity index (χ4v) is 2.21. The third kappa shape index (κ3) is 7.31. The molecule has 1 unspecified atom stereocenters. The summed E-state index contributed by atoms with van der Waals surface area (Å²) in [7, 11) is -3.37. The first-order valence-electron chi connectivity index (χ1n) is 6.31. The summed E-state index contributed by atoms with van der Waals surface area (Å²) in [6.07, 6.45) is 1.76. The number of carbonyl (C=O) groups excluding carboxylic acids is 1. The fraction of sp³-hybridized carbons (Fsp3) is 0.462. The standard InChI is InChI=1S/C13H21N3O3S.ClH/c1-9-4-5-11(8-12(9)16-20(3,18)19)13(17)15-7-6-10(2)14;/h4-5,8,10,16H,6-7,14H2,1-3H3,(H,15,17);1H. The molecular formula is C13H22ClN3O3S. The van der Waals surface area contributed by atoms with Gasteiger partial charge in [-0.2, -0.15) is 0 Å². The first-order valence-corrected chi connectivity index (χ1v) is 8.20. The van der Waals surface area contributed by atoms with Crippen molar-refractivity contribution in [2.24, 2.45) is 5.73 Å². The molecule has 120 valence electrons. The Morgan fingerprint density at radius 2 is 2.00 bits per heavy atom. The topological polar surface area (TPSA) is 101 Å². The smallest absolute Gasteiger partial charge is 0.251 e. The Hall–Kier alpha value is -1.31. The number of nitrogens with one attached hydrogen (secondary N) is 2. The summed E-state index contributed by atoms with van der Waals surface area (Å²) in [5.41, 5.74) is 7.17. The summed E-state index contributed by atoms with van der Waals surface area (Å²) in [4.78, 5) is 11.9. The van der Waals surface area contributed by atoms with Gasteiger partial charge in [0.2, 0.25) is 10.0 Å². The van der Waals surface area contributed by atoms with Gasteiger partial charge in [-0.3, -0.25) is 9.52 Å². The zero-order valence-electron chi connectivity index (χ0n) is 12.3. The van der Waals surface area contributed by atoms with Crippen molar-refractivity contribution in [3.8, 4) is 0 Å². The van der Waals surface area contributed by atoms with Crippen LogP contribution in [-0.4, -0.2) is 33.2 Å². The Bertz CT molecular complexity index is 588. The fourth-order valence-electron chi connectivity index (χ4n) is 1.59. The lowest BCUT2D eigenvalue weighted by Crippen LogP contribution is -2.29. The van der Waals surface area contributed by atoms with Crippen LogP contribution in [0.2, 0.25) is 0 Å². The monoisotopic (exact) mass is 335 g/mol. The molecule has 6 nitrogen and oxygen atoms in total. The number of nitrogens with two attached hydrogens (primary N) is 1. The molecule has 8 heteroatoms. The van der Waals surface area contributed by atoms with E-state index in [1.165, 1.54) is 6.07 Å². The summed E-state index contributed by atoms with van der Waals surface area (Å²) in [6.45, 7) is 4.12. The van der Waals surface area contributed by atoms with Crippen molar-refractivity contribution in [1.82, 2.24) is 5.32 Å². The van der Waals surface area contributed by atoms with Crippen LogP contribution >= 0.6 is 12.4 Å². The minimum absolute atomic E-state index is 0. The van der Waals surface area contributed by atoms with Crippen molar-refractivity contribution in [3.63, 3.8) is 0 Å². The van der Waals surface area contributed by atoms with Crippen LogP contribution in [0.4, 0.5) is 5.69 Å². The molecule has 0 radical (unpaired) electrons. The molecule has 0 saturated carbocycles. The van der Waals surface area contributed by atoms with E-state index >= 15 is 0 Å². The summed E-state index contributed by atoms with van der Waals surface area (Å²) in [5.74, 6) is -0.248. The van der Waals surface area contributed by atoms with Gasteiger partial charge in [-0.05, 0) is 38.0 Å². The minimum Gasteiger partial charge on any atom is -0.352 e. The number of carbonyl (C=O) groups is 1. The molecule has 0 aliphatic rings. The van der Waals surface area contributed by atoms with Gasteiger partial charge in [0, 0.05) is 18.2 Å². The van der Waals surface area contributed by atoms with Crippen molar-refractivity contribution in [3.05, 3.63) is 29.3 Å². The van der Waals surface area contributed by atoms with E-state index in [0.29, 0.717) is 24.2 Å². The van der Waals surface area contributed by atoms with Gasteiger partial charge >= 0.3 is 0 Å². The van der Waals surface area contributed by atoms with E-state index in [4.69, 9.17) is 5.73 Å². The quantitative estimate of drug-likeness (QED) is 0.728. The van der Waals surface area contributed by atoms with Crippen LogP contribution in [-0.2, 0) is 10.0 Å². The van der Waals surface area contributed by atoms with Crippen LogP contribution < -0.4 is 15.8 Å². The van der Waals surface area contributed by atoms with Crippen molar-refractivity contribution in [2.45, 2.75) is 26.3 Å². The second kappa shape index (κ2) is 8.21. The van der Waals surface area contributed by atoms with Gasteiger partial charge in [-0.25, -0.2) is 8.42 Å². The van der Waals surface area contributed by atoms with E-state index in [-0.39, 0.29) is 24.4 Å². The summed E-state index contributed by atoms with van der Waals surface area (Å²) in [6, 6.07) is 4.91. The number of anilines is 1. The number of sulfonamides is 1. The van der Waals surface area contributed by atoms with Crippen LogP contribution in [0.3, 0.4) is 0 Å². The van der Waals surface area contributed by atoms with Gasteiger partial charge in [-0.15, -0.1) is 12.4 Å². The Balaban J connectivity index is 0.00000400. The second-order valence-corrected chi connectivity index (χ2v) is 6.67. The molecule has 1 atom stereocenters. The largest absolute Gasteiger partial charge is 0.352 e. The maximum atomic E-state index is 11.9. The number of halogens is 1. The first kappa shape index (κ1) is 19.7. The van der Waals surface area contributed by atoms with Gasteiger partial charge in [0.25, 0.3) is 5.91 Å². The lowest BCUT2D eigenvalue weighted by Gasteiger charge is -2.11. The molecule has 21 heavy (non-hydrogen) atoms. The SMILES string of the molecule is Cc1ccc(C(=O)NCCC(C)N)cc1NS(C)(=O)=O.Cl. The highest BCUT2D eigenvalue weighted by molar-refractivity contribution is 7.92. The predicted molar refractivity (Wildman–Crippen MR) is 87.5 cm³/mol. The van der Waals surface area contributed by atoms with Gasteiger partial charge in [0.15, 0.2) is 0 Å². The maximum absolute atomic E-state index is 11.9. The van der Waals surface area contributed by atoms with Crippen LogP contribution in [0.15, 0.2) is 18.2 Å². The molecule has 0 spiro atoms. The third-order valence-corrected chi connectivity index (χ3v) is 3.27. The van der Waals surface area contributed by atoms with Crippen molar-refractivity contribution in [1.29, 1.82) is 0 Å². The van der Waals surface area contributed by atoms with Crippen LogP contribution in [0, 0.1) is 6.92 Å². The second-order valence-electron chi connectivity index (χ2n) is 4.93. The maximum Gasteiger partial charge on any atom is 0.251 e. The molecule has 0 fully saturated rings. The molecule has 0 aliphatic carbocycles. The molecule has 1 aromatic rings. The van der Waals surface area contributed by atoms with Crippen LogP contribution in [0.1, 0.15) is 29.3 Å². The van der Waals surface area contributed by atoms with E-state index in [1.807, 2.05) is 6.92 Å². The van der Waals surface area contributed by atoms with Crippen molar-refractivity contribution < 1.29 is 13.2 Å². The predicted octanol–water partition coefficient (Wildman–Crippen LogP) is 1.26. The molecule has 0 aliphatic heterocycles. The zero-order chi connectivity index (χ0) is 15.3. The molecule has 1 aromatic carbocycles. The third-order valence-electron chi connectivity index (χ3n) is 2.68. The zero-order valence-corrected chi connectivity index (χ0v) is 14.0. The normalized spacial score (nSPS) is 12.2. The number of hydrogen-bond donors (Lipinski definition) is 3. The molecular weight excluding hydrogens is 314 g/mol. The first-order chi connectivity index (χ1) is 9.19. The van der Waals surface area contributed by atoms with Gasteiger partial charge in [-0.1, -0.05) is 6.07 Å². The molecule has 1 amide bonds. The highest BCUT2D eigenvalue weighted by atomic mass is 35.5. The molecule has 0 saturated heterocycles. The van der Waals surface area contributed by atoms with Crippen molar-refractivity contribution in [2.75, 3.05) is 17.5 Å². The summed E-state index contributed by atoms with van der Waals surface area (Å²) >= 11 is 0. The molecule has 0 heterocycles. The highest BCUT2D eigenvalue weighted by Crippen LogP contribution is 2.18. The lowest BCUT2D eigenvalue weighted by molar-refractivity contribution is 0.0953. The van der Waals surface area contributed by atoms with Gasteiger partial charge < -0.3 is 11.1 Å². The van der Waals surface area contributed by atoms with E-state index < -0.39 is 10.0 Å². The summed E-state index contributed by atoms with van der Waals surface area (Å²) < 4.78 is 24.9. The van der Waals surface area contributed by atoms with Gasteiger partial charge in [0.05, 0.1) is 11.9 Å². The van der Waals surface area contributed by atoms with Crippen molar-refractivity contribution >= 4 is 34.0 Å². The number of aryl methyl sites for hydroxylation is 1. The van der Waals surface area contributed by atoms with Crippen LogP contribution in [0.5, 0.6) is 0 Å². The lowest BCUT2D eigenvalue weighted by atomic mass is 10.1. The molecule has 1 rings (SSSR count). The van der Waals surface area contributed by atoms with E-state index in [1.54, 1.807) is 19.1 Å². The molecule has 0 bridgehead atoms. The molecule has 4 N–H and O–H groups in total. The Labute approximate surface area is 132 Å². The Morgan fingerprint density at radius 3 is 2.52 bits per heavy atom. The summed E-state index contributed by atoms with van der Waals surface area (Å²) in [5, 5.41) is 2.74. The van der Waals surface area contributed by atoms with E-state index in [0.717, 1.165) is 11.8 Å². The average molecular weight is 336 g/mol. The Morgan fingerprint density at radius 1 is 1.38 bits per heavy atom. The number of amides is 1. The molecule has 0 aromatic heterocycles. The highest BCUT2D eigenvalue weighted by Gasteiger charge is 2.10. The Kier molecular flexibility index (Phi) is 7.70. The minimum atomic E-state index is -3.37. The van der Waals surface area contributed by atoms with Crippen LogP contribution in [0.25, 0.3) is 0 Å². The average Bonchev–Trinajstić information content (AvgIpc) is 2.29.